The summed E-state index contributed by atoms with van der Waals surface area (Å²) < 4.78 is 0. The average molecular weight is 370 g/mol. The Morgan fingerprint density at radius 1 is 0.929 bits per heavy atom. The Morgan fingerprint density at radius 2 is 1.57 bits per heavy atom. The van der Waals surface area contributed by atoms with Gasteiger partial charge in [0.2, 0.25) is 5.96 Å². The summed E-state index contributed by atoms with van der Waals surface area (Å²) in [6.07, 6.45) is 3.27. The van der Waals surface area contributed by atoms with Crippen LogP contribution in [-0.4, -0.2) is 46.8 Å². The smallest absolute Gasteiger partial charge is 0.262 e. The van der Waals surface area contributed by atoms with Gasteiger partial charge < -0.3 is 4.90 Å². The number of nitrogens with zero attached hydrogens (tertiary/aromatic N) is 4. The first kappa shape index (κ1) is 17.9. The number of hydrogen-bond acceptors (Lipinski definition) is 3. The van der Waals surface area contributed by atoms with Crippen molar-refractivity contribution in [2.24, 2.45) is 4.99 Å². The van der Waals surface area contributed by atoms with Gasteiger partial charge in [0.15, 0.2) is 0 Å². The van der Waals surface area contributed by atoms with Gasteiger partial charge in [-0.2, -0.15) is 0 Å². The van der Waals surface area contributed by atoms with Crippen LogP contribution in [0.3, 0.4) is 0 Å². The average Bonchev–Trinajstić information content (AvgIpc) is 3.13. The molecular weight excluding hydrogens is 348 g/mol. The lowest BCUT2D eigenvalue weighted by atomic mass is 9.99. The van der Waals surface area contributed by atoms with E-state index in [2.05, 4.69) is 29.2 Å². The summed E-state index contributed by atoms with van der Waals surface area (Å²) in [5.74, 6) is 0.614. The second-order valence-electron chi connectivity index (χ2n) is 6.77. The zero-order valence-corrected chi connectivity index (χ0v) is 15.8. The molecule has 140 valence electrons. The molecule has 0 unspecified atom stereocenters. The normalized spacial score (nSPS) is 15.4. The Labute approximate surface area is 165 Å². The highest BCUT2D eigenvalue weighted by Crippen LogP contribution is 2.27. The summed E-state index contributed by atoms with van der Waals surface area (Å²) in [7, 11) is 1.97. The van der Waals surface area contributed by atoms with E-state index in [-0.39, 0.29) is 11.9 Å². The number of carbonyl (C=O) groups excluding carboxylic acids is 1. The predicted octanol–water partition coefficient (Wildman–Crippen LogP) is 3.61. The Balaban J connectivity index is 1.74. The molecule has 5 heteroatoms. The summed E-state index contributed by atoms with van der Waals surface area (Å²) in [5, 5.41) is 0. The molecule has 1 aliphatic heterocycles. The summed E-state index contributed by atoms with van der Waals surface area (Å²) >= 11 is 0. The maximum absolute atomic E-state index is 13.0. The van der Waals surface area contributed by atoms with E-state index in [1.165, 1.54) is 0 Å². The molecule has 2 heterocycles. The molecule has 4 rings (SSSR count). The van der Waals surface area contributed by atoms with E-state index in [9.17, 15) is 4.79 Å². The lowest BCUT2D eigenvalue weighted by Gasteiger charge is -2.22. The van der Waals surface area contributed by atoms with Crippen LogP contribution in [0.25, 0.3) is 0 Å². The van der Waals surface area contributed by atoms with Crippen LogP contribution in [0, 0.1) is 0 Å². The van der Waals surface area contributed by atoms with E-state index in [1.54, 1.807) is 29.4 Å². The molecule has 0 N–H and O–H groups in total. The first-order chi connectivity index (χ1) is 13.7. The maximum atomic E-state index is 13.0. The third-order valence-corrected chi connectivity index (χ3v) is 4.87. The molecule has 0 radical (unpaired) electrons. The topological polar surface area (TPSA) is 48.8 Å². The van der Waals surface area contributed by atoms with E-state index in [0.717, 1.165) is 17.7 Å². The van der Waals surface area contributed by atoms with E-state index in [0.29, 0.717) is 18.1 Å². The number of rotatable bonds is 4. The van der Waals surface area contributed by atoms with Gasteiger partial charge in [0.05, 0.1) is 5.56 Å². The van der Waals surface area contributed by atoms with Crippen LogP contribution in [0.1, 0.15) is 27.5 Å². The van der Waals surface area contributed by atoms with Gasteiger partial charge >= 0.3 is 0 Å². The van der Waals surface area contributed by atoms with Crippen molar-refractivity contribution in [1.29, 1.82) is 0 Å². The highest BCUT2D eigenvalue weighted by Gasteiger charge is 2.31. The van der Waals surface area contributed by atoms with Crippen molar-refractivity contribution in [1.82, 2.24) is 14.8 Å². The van der Waals surface area contributed by atoms with E-state index in [4.69, 9.17) is 4.99 Å². The number of guanidine groups is 1. The van der Waals surface area contributed by atoms with Crippen LogP contribution in [0.5, 0.6) is 0 Å². The van der Waals surface area contributed by atoms with Crippen molar-refractivity contribution >= 4 is 11.9 Å². The van der Waals surface area contributed by atoms with Gasteiger partial charge in [-0.3, -0.25) is 14.7 Å². The van der Waals surface area contributed by atoms with Crippen molar-refractivity contribution in [2.75, 3.05) is 20.1 Å². The van der Waals surface area contributed by atoms with Gasteiger partial charge in [0.25, 0.3) is 5.91 Å². The minimum Gasteiger partial charge on any atom is -0.344 e. The second-order valence-corrected chi connectivity index (χ2v) is 6.77. The summed E-state index contributed by atoms with van der Waals surface area (Å²) in [5.41, 5.74) is 2.76. The molecular formula is C23H22N4O. The second kappa shape index (κ2) is 8.05. The third kappa shape index (κ3) is 3.64. The number of aliphatic imine (C=N–C) groups is 1. The lowest BCUT2D eigenvalue weighted by molar-refractivity contribution is 0.0857. The fourth-order valence-corrected chi connectivity index (χ4v) is 3.39. The van der Waals surface area contributed by atoms with Crippen LogP contribution in [-0.2, 0) is 0 Å². The molecule has 2 aromatic carbocycles. The van der Waals surface area contributed by atoms with E-state index >= 15 is 0 Å². The van der Waals surface area contributed by atoms with Crippen LogP contribution in [0.15, 0.2) is 90.2 Å². The van der Waals surface area contributed by atoms with Crippen molar-refractivity contribution < 1.29 is 4.79 Å². The first-order valence-electron chi connectivity index (χ1n) is 9.35. The summed E-state index contributed by atoms with van der Waals surface area (Å²) in [4.78, 5) is 25.9. The number of pyridine rings is 1. The standard InChI is InChI=1S/C23H22N4O/c1-26-15-16-27(22(28)20-13-8-14-24-17-20)23(26)25-21(18-9-4-2-5-10-18)19-11-6-3-7-12-19/h2-14,17,21H,15-16H2,1H3/b25-23-. The van der Waals surface area contributed by atoms with Gasteiger partial charge in [-0.1, -0.05) is 60.7 Å². The first-order valence-corrected chi connectivity index (χ1v) is 9.35. The van der Waals surface area contributed by atoms with Gasteiger partial charge in [0.1, 0.15) is 6.04 Å². The number of aromatic nitrogens is 1. The number of benzene rings is 2. The zero-order chi connectivity index (χ0) is 19.3. The number of hydrogen-bond donors (Lipinski definition) is 0. The molecule has 1 fully saturated rings. The summed E-state index contributed by atoms with van der Waals surface area (Å²) in [6.45, 7) is 1.36. The third-order valence-electron chi connectivity index (χ3n) is 4.87. The van der Waals surface area contributed by atoms with Gasteiger partial charge in [0, 0.05) is 32.5 Å². The van der Waals surface area contributed by atoms with Crippen molar-refractivity contribution in [3.8, 4) is 0 Å². The molecule has 0 aliphatic carbocycles. The number of likely N-dealkylation sites (N-methyl/N-ethyl adjacent to an activating group) is 1. The van der Waals surface area contributed by atoms with Gasteiger partial charge in [-0.25, -0.2) is 4.99 Å². The minimum atomic E-state index is -0.179. The quantitative estimate of drug-likeness (QED) is 0.705. The number of carbonyl (C=O) groups is 1. The van der Waals surface area contributed by atoms with Crippen LogP contribution < -0.4 is 0 Å². The van der Waals surface area contributed by atoms with E-state index in [1.807, 2.05) is 48.3 Å². The van der Waals surface area contributed by atoms with Crippen molar-refractivity contribution in [3.63, 3.8) is 0 Å². The Bertz CT molecular complexity index is 918. The van der Waals surface area contributed by atoms with Crippen LogP contribution in [0.4, 0.5) is 0 Å². The number of amides is 1. The maximum Gasteiger partial charge on any atom is 0.262 e. The molecule has 3 aromatic rings. The van der Waals surface area contributed by atoms with Gasteiger partial charge in [-0.05, 0) is 23.3 Å². The highest BCUT2D eigenvalue weighted by atomic mass is 16.2. The monoisotopic (exact) mass is 370 g/mol. The largest absolute Gasteiger partial charge is 0.344 e. The Morgan fingerprint density at radius 3 is 2.14 bits per heavy atom. The SMILES string of the molecule is CN1CCN(C(=O)c2cccnc2)/C1=N\C(c1ccccc1)c1ccccc1. The molecule has 0 bridgehead atoms. The van der Waals surface area contributed by atoms with Crippen LogP contribution in [0.2, 0.25) is 0 Å². The minimum absolute atomic E-state index is 0.0731. The molecule has 0 spiro atoms. The highest BCUT2D eigenvalue weighted by molar-refractivity contribution is 6.06. The molecule has 5 nitrogen and oxygen atoms in total. The molecule has 1 aliphatic rings. The summed E-state index contributed by atoms with van der Waals surface area (Å²) in [6, 6.07) is 23.7. The molecule has 1 aromatic heterocycles. The fourth-order valence-electron chi connectivity index (χ4n) is 3.39. The molecule has 1 saturated heterocycles. The zero-order valence-electron chi connectivity index (χ0n) is 15.8. The van der Waals surface area contributed by atoms with Crippen molar-refractivity contribution in [2.45, 2.75) is 6.04 Å². The molecule has 0 saturated carbocycles. The predicted molar refractivity (Wildman–Crippen MR) is 110 cm³/mol. The van der Waals surface area contributed by atoms with Gasteiger partial charge in [-0.15, -0.1) is 0 Å². The van der Waals surface area contributed by atoms with E-state index < -0.39 is 0 Å². The molecule has 1 amide bonds. The van der Waals surface area contributed by atoms with Crippen LogP contribution >= 0.6 is 0 Å². The van der Waals surface area contributed by atoms with Crippen molar-refractivity contribution in [3.05, 3.63) is 102 Å². The Kier molecular flexibility index (Phi) is 5.15. The molecule has 0 atom stereocenters. The lowest BCUT2D eigenvalue weighted by Crippen LogP contribution is -2.37. The Hall–Kier alpha value is -3.47. The molecule has 28 heavy (non-hydrogen) atoms. The fraction of sp³-hybridized carbons (Fsp3) is 0.174.